The molecule has 102 valence electrons. The number of nitrogens with one attached hydrogen (secondary N) is 1. The van der Waals surface area contributed by atoms with Gasteiger partial charge in [0.05, 0.1) is 12.3 Å². The van der Waals surface area contributed by atoms with Crippen LogP contribution in [0.5, 0.6) is 0 Å². The maximum Gasteiger partial charge on any atom is 0.236 e. The third-order valence-corrected chi connectivity index (χ3v) is 4.55. The molecule has 0 radical (unpaired) electrons. The van der Waals surface area contributed by atoms with Gasteiger partial charge in [-0.1, -0.05) is 6.92 Å². The minimum absolute atomic E-state index is 0.00995. The Balaban J connectivity index is 4.08. The molecule has 0 aliphatic rings. The van der Waals surface area contributed by atoms with E-state index in [1.165, 1.54) is 0 Å². The monoisotopic (exact) mass is 264 g/mol. The zero-order valence-corrected chi connectivity index (χ0v) is 12.0. The molecule has 17 heavy (non-hydrogen) atoms. The van der Waals surface area contributed by atoms with E-state index in [1.807, 2.05) is 13.8 Å². The molecule has 0 rings (SSSR count). The van der Waals surface area contributed by atoms with Crippen molar-refractivity contribution in [3.8, 4) is 0 Å². The van der Waals surface area contributed by atoms with Crippen LogP contribution in [0.3, 0.4) is 0 Å². The normalized spacial score (nSPS) is 13.4. The van der Waals surface area contributed by atoms with Crippen LogP contribution in [0, 0.1) is 0 Å². The van der Waals surface area contributed by atoms with Gasteiger partial charge in [-0.3, -0.25) is 4.79 Å². The van der Waals surface area contributed by atoms with Crippen molar-refractivity contribution < 1.29 is 13.2 Å². The molecule has 0 saturated carbocycles. The van der Waals surface area contributed by atoms with Crippen LogP contribution in [-0.2, 0) is 14.6 Å². The number of amides is 1. The van der Waals surface area contributed by atoms with Crippen molar-refractivity contribution in [2.24, 2.45) is 0 Å². The molecule has 0 aliphatic heterocycles. The highest BCUT2D eigenvalue weighted by atomic mass is 32.2. The Morgan fingerprint density at radius 3 is 2.18 bits per heavy atom. The fourth-order valence-electron chi connectivity index (χ4n) is 1.51. The molecule has 0 saturated heterocycles. The summed E-state index contributed by atoms with van der Waals surface area (Å²) >= 11 is 0. The predicted octanol–water partition coefficient (Wildman–Crippen LogP) is 0.268. The number of carbonyl (C=O) groups excluding carboxylic acids is 1. The second-order valence-electron chi connectivity index (χ2n) is 4.05. The van der Waals surface area contributed by atoms with Gasteiger partial charge in [0.2, 0.25) is 5.91 Å². The average molecular weight is 264 g/mol. The number of carbonyl (C=O) groups is 1. The molecule has 0 heterocycles. The predicted molar refractivity (Wildman–Crippen MR) is 69.7 cm³/mol. The van der Waals surface area contributed by atoms with Gasteiger partial charge in [0, 0.05) is 24.9 Å². The first kappa shape index (κ1) is 16.4. The minimum atomic E-state index is -2.99. The number of rotatable bonds is 8. The lowest BCUT2D eigenvalue weighted by Gasteiger charge is -2.20. The van der Waals surface area contributed by atoms with E-state index < -0.39 is 9.84 Å². The van der Waals surface area contributed by atoms with E-state index in [9.17, 15) is 13.2 Å². The highest BCUT2D eigenvalue weighted by molar-refractivity contribution is 7.91. The van der Waals surface area contributed by atoms with Crippen molar-refractivity contribution in [2.45, 2.75) is 33.7 Å². The Morgan fingerprint density at radius 2 is 1.76 bits per heavy atom. The minimum Gasteiger partial charge on any atom is -0.342 e. The van der Waals surface area contributed by atoms with Crippen LogP contribution in [0.25, 0.3) is 0 Å². The standard InChI is InChI=1S/C11H24N2O3S/c1-5-13(6-2)11(14)8-12-10(4)9-17(15,16)7-3/h10,12H,5-9H2,1-4H3. The first-order valence-corrected chi connectivity index (χ1v) is 7.89. The van der Waals surface area contributed by atoms with E-state index in [0.717, 1.165) is 0 Å². The molecule has 1 amide bonds. The maximum atomic E-state index is 11.7. The van der Waals surface area contributed by atoms with Gasteiger partial charge in [-0.2, -0.15) is 0 Å². The molecule has 0 aliphatic carbocycles. The largest absolute Gasteiger partial charge is 0.342 e. The van der Waals surface area contributed by atoms with Gasteiger partial charge < -0.3 is 10.2 Å². The highest BCUT2D eigenvalue weighted by Crippen LogP contribution is 1.95. The van der Waals surface area contributed by atoms with Gasteiger partial charge in [-0.05, 0) is 20.8 Å². The van der Waals surface area contributed by atoms with Crippen molar-refractivity contribution >= 4 is 15.7 Å². The SMILES string of the molecule is CCN(CC)C(=O)CNC(C)CS(=O)(=O)CC. The molecule has 0 aromatic rings. The third-order valence-electron chi connectivity index (χ3n) is 2.66. The fourth-order valence-corrected chi connectivity index (χ4v) is 2.62. The summed E-state index contributed by atoms with van der Waals surface area (Å²) in [4.78, 5) is 13.4. The topological polar surface area (TPSA) is 66.5 Å². The molecule has 1 unspecified atom stereocenters. The number of likely N-dealkylation sites (N-methyl/N-ethyl adjacent to an activating group) is 1. The van der Waals surface area contributed by atoms with E-state index in [-0.39, 0.29) is 30.0 Å². The summed E-state index contributed by atoms with van der Waals surface area (Å²) < 4.78 is 22.7. The van der Waals surface area contributed by atoms with E-state index in [0.29, 0.717) is 13.1 Å². The van der Waals surface area contributed by atoms with Crippen LogP contribution in [0.4, 0.5) is 0 Å². The van der Waals surface area contributed by atoms with Gasteiger partial charge in [0.1, 0.15) is 0 Å². The zero-order chi connectivity index (χ0) is 13.5. The fraction of sp³-hybridized carbons (Fsp3) is 0.909. The summed E-state index contributed by atoms with van der Waals surface area (Å²) in [6.45, 7) is 8.81. The van der Waals surface area contributed by atoms with Gasteiger partial charge in [-0.25, -0.2) is 8.42 Å². The second kappa shape index (κ2) is 7.66. The van der Waals surface area contributed by atoms with E-state index in [4.69, 9.17) is 0 Å². The lowest BCUT2D eigenvalue weighted by atomic mass is 10.3. The molecule has 5 nitrogen and oxygen atoms in total. The van der Waals surface area contributed by atoms with Crippen LogP contribution in [0.15, 0.2) is 0 Å². The van der Waals surface area contributed by atoms with Crippen molar-refractivity contribution in [2.75, 3.05) is 31.1 Å². The lowest BCUT2D eigenvalue weighted by molar-refractivity contribution is -0.129. The summed E-state index contributed by atoms with van der Waals surface area (Å²) in [7, 11) is -2.99. The molecule has 0 aromatic carbocycles. The first-order chi connectivity index (χ1) is 7.86. The van der Waals surface area contributed by atoms with Crippen LogP contribution in [0.1, 0.15) is 27.7 Å². The van der Waals surface area contributed by atoms with Crippen molar-refractivity contribution in [1.29, 1.82) is 0 Å². The Morgan fingerprint density at radius 1 is 1.24 bits per heavy atom. The molecule has 0 fully saturated rings. The van der Waals surface area contributed by atoms with E-state index >= 15 is 0 Å². The van der Waals surface area contributed by atoms with Crippen LogP contribution >= 0.6 is 0 Å². The number of hydrogen-bond acceptors (Lipinski definition) is 4. The Bertz CT molecular complexity index is 324. The van der Waals surface area contributed by atoms with Gasteiger partial charge >= 0.3 is 0 Å². The molecular weight excluding hydrogens is 240 g/mol. The molecule has 1 N–H and O–H groups in total. The van der Waals surface area contributed by atoms with Gasteiger partial charge in [0.25, 0.3) is 0 Å². The highest BCUT2D eigenvalue weighted by Gasteiger charge is 2.15. The maximum absolute atomic E-state index is 11.7. The lowest BCUT2D eigenvalue weighted by Crippen LogP contribution is -2.42. The molecular formula is C11H24N2O3S. The summed E-state index contributed by atoms with van der Waals surface area (Å²) in [5, 5.41) is 2.95. The summed E-state index contributed by atoms with van der Waals surface area (Å²) in [6, 6.07) is -0.195. The van der Waals surface area contributed by atoms with Gasteiger partial charge in [0.15, 0.2) is 9.84 Å². The molecule has 1 atom stereocenters. The van der Waals surface area contributed by atoms with Crippen LogP contribution in [0.2, 0.25) is 0 Å². The summed E-state index contributed by atoms with van der Waals surface area (Å²) in [6.07, 6.45) is 0. The van der Waals surface area contributed by atoms with Crippen molar-refractivity contribution in [3.63, 3.8) is 0 Å². The molecule has 6 heteroatoms. The zero-order valence-electron chi connectivity index (χ0n) is 11.2. The molecule has 0 bridgehead atoms. The van der Waals surface area contributed by atoms with Gasteiger partial charge in [-0.15, -0.1) is 0 Å². The second-order valence-corrected chi connectivity index (χ2v) is 6.44. The van der Waals surface area contributed by atoms with Crippen molar-refractivity contribution in [1.82, 2.24) is 10.2 Å². The Hall–Kier alpha value is -0.620. The third kappa shape index (κ3) is 6.63. The molecule has 0 aromatic heterocycles. The average Bonchev–Trinajstić information content (AvgIpc) is 2.27. The number of sulfone groups is 1. The van der Waals surface area contributed by atoms with Crippen molar-refractivity contribution in [3.05, 3.63) is 0 Å². The quantitative estimate of drug-likeness (QED) is 0.683. The smallest absolute Gasteiger partial charge is 0.236 e. The first-order valence-electron chi connectivity index (χ1n) is 6.07. The Kier molecular flexibility index (Phi) is 7.38. The van der Waals surface area contributed by atoms with Crippen LogP contribution < -0.4 is 5.32 Å². The number of nitrogens with zero attached hydrogens (tertiary/aromatic N) is 1. The Labute approximate surface area is 104 Å². The number of hydrogen-bond donors (Lipinski definition) is 1. The van der Waals surface area contributed by atoms with E-state index in [2.05, 4.69) is 5.32 Å². The summed E-state index contributed by atoms with van der Waals surface area (Å²) in [5.41, 5.74) is 0. The van der Waals surface area contributed by atoms with Crippen LogP contribution in [-0.4, -0.2) is 56.4 Å². The van der Waals surface area contributed by atoms with E-state index in [1.54, 1.807) is 18.7 Å². The summed E-state index contributed by atoms with van der Waals surface area (Å²) in [5.74, 6) is 0.230. The molecule has 0 spiro atoms.